The number of aliphatic imine (C=N–C) groups is 1. The van der Waals surface area contributed by atoms with Crippen molar-refractivity contribution >= 4 is 41.3 Å². The van der Waals surface area contributed by atoms with Crippen molar-refractivity contribution in [3.63, 3.8) is 0 Å². The summed E-state index contributed by atoms with van der Waals surface area (Å²) in [6.07, 6.45) is 0. The van der Waals surface area contributed by atoms with Crippen LogP contribution < -0.4 is 10.6 Å². The van der Waals surface area contributed by atoms with Gasteiger partial charge in [-0.05, 0) is 28.3 Å². The van der Waals surface area contributed by atoms with Gasteiger partial charge in [0.05, 0.1) is 13.2 Å². The van der Waals surface area contributed by atoms with Crippen LogP contribution in [0.4, 0.5) is 0 Å². The molecule has 22 heavy (non-hydrogen) atoms. The van der Waals surface area contributed by atoms with Gasteiger partial charge in [-0.1, -0.05) is 6.92 Å². The normalized spacial score (nSPS) is 17.6. The van der Waals surface area contributed by atoms with Crippen molar-refractivity contribution in [3.05, 3.63) is 22.4 Å². The molecule has 1 aliphatic heterocycles. The molecule has 126 valence electrons. The van der Waals surface area contributed by atoms with Crippen LogP contribution in [-0.2, 0) is 4.74 Å². The second-order valence-corrected chi connectivity index (χ2v) is 6.07. The van der Waals surface area contributed by atoms with Gasteiger partial charge in [-0.2, -0.15) is 11.3 Å². The molecule has 2 N–H and O–H groups in total. The zero-order valence-corrected chi connectivity index (χ0v) is 16.5. The fraction of sp³-hybridized carbons (Fsp3) is 0.667. The molecule has 1 saturated heterocycles. The Kier molecular flexibility index (Phi) is 10.0. The minimum Gasteiger partial charge on any atom is -0.379 e. The first-order chi connectivity index (χ1) is 10.3. The molecule has 1 fully saturated rings. The minimum atomic E-state index is 0. The third-order valence-corrected chi connectivity index (χ3v) is 4.44. The Morgan fingerprint density at radius 3 is 2.82 bits per heavy atom. The standard InChI is InChI=1S/C15H26N4OS.HI/c1-13(14-3-10-21-12-14)11-18-15(16-2)17-4-5-19-6-8-20-9-7-19;/h3,10,12-13H,4-9,11H2,1-2H3,(H2,16,17,18);1H. The first-order valence-electron chi connectivity index (χ1n) is 7.56. The molecule has 0 aromatic carbocycles. The molecule has 2 rings (SSSR count). The van der Waals surface area contributed by atoms with Crippen molar-refractivity contribution in [1.29, 1.82) is 0 Å². The van der Waals surface area contributed by atoms with E-state index in [0.29, 0.717) is 5.92 Å². The topological polar surface area (TPSA) is 48.9 Å². The van der Waals surface area contributed by atoms with Crippen LogP contribution in [-0.4, -0.2) is 63.8 Å². The fourth-order valence-corrected chi connectivity index (χ4v) is 3.08. The Morgan fingerprint density at radius 1 is 1.41 bits per heavy atom. The van der Waals surface area contributed by atoms with E-state index in [-0.39, 0.29) is 24.0 Å². The van der Waals surface area contributed by atoms with E-state index in [2.05, 4.69) is 44.3 Å². The van der Waals surface area contributed by atoms with E-state index in [9.17, 15) is 0 Å². The Balaban J connectivity index is 0.00000242. The van der Waals surface area contributed by atoms with Gasteiger partial charge in [0.2, 0.25) is 0 Å². The van der Waals surface area contributed by atoms with Gasteiger partial charge >= 0.3 is 0 Å². The largest absolute Gasteiger partial charge is 0.379 e. The molecule has 0 saturated carbocycles. The van der Waals surface area contributed by atoms with E-state index in [4.69, 9.17) is 4.74 Å². The average Bonchev–Trinajstić information content (AvgIpc) is 3.06. The molecule has 5 nitrogen and oxygen atoms in total. The monoisotopic (exact) mass is 438 g/mol. The molecule has 1 unspecified atom stereocenters. The number of nitrogens with one attached hydrogen (secondary N) is 2. The summed E-state index contributed by atoms with van der Waals surface area (Å²) in [5.41, 5.74) is 1.39. The molecule has 0 spiro atoms. The lowest BCUT2D eigenvalue weighted by Crippen LogP contribution is -2.45. The van der Waals surface area contributed by atoms with Crippen LogP contribution in [0, 0.1) is 0 Å². The lowest BCUT2D eigenvalue weighted by Gasteiger charge is -2.26. The molecule has 1 aliphatic rings. The van der Waals surface area contributed by atoms with E-state index < -0.39 is 0 Å². The van der Waals surface area contributed by atoms with Crippen molar-refractivity contribution in [1.82, 2.24) is 15.5 Å². The maximum atomic E-state index is 5.35. The molecule has 0 radical (unpaired) electrons. The van der Waals surface area contributed by atoms with Gasteiger partial charge < -0.3 is 15.4 Å². The molecule has 2 heterocycles. The van der Waals surface area contributed by atoms with Crippen LogP contribution >= 0.6 is 35.3 Å². The summed E-state index contributed by atoms with van der Waals surface area (Å²) in [7, 11) is 1.82. The highest BCUT2D eigenvalue weighted by molar-refractivity contribution is 14.0. The third kappa shape index (κ3) is 6.80. The lowest BCUT2D eigenvalue weighted by atomic mass is 10.1. The molecule has 1 aromatic rings. The lowest BCUT2D eigenvalue weighted by molar-refractivity contribution is 0.0389. The SMILES string of the molecule is CN=C(NCCN1CCOCC1)NCC(C)c1ccsc1.I. The molecular formula is C15H27IN4OS. The van der Waals surface area contributed by atoms with Crippen LogP contribution in [0.25, 0.3) is 0 Å². The summed E-state index contributed by atoms with van der Waals surface area (Å²) >= 11 is 1.75. The van der Waals surface area contributed by atoms with Gasteiger partial charge in [0.1, 0.15) is 0 Å². The Morgan fingerprint density at radius 2 is 2.18 bits per heavy atom. The zero-order valence-electron chi connectivity index (χ0n) is 13.4. The van der Waals surface area contributed by atoms with Gasteiger partial charge in [0.15, 0.2) is 5.96 Å². The summed E-state index contributed by atoms with van der Waals surface area (Å²) in [5, 5.41) is 11.1. The molecule has 0 bridgehead atoms. The van der Waals surface area contributed by atoms with Gasteiger partial charge in [-0.15, -0.1) is 24.0 Å². The Labute approximate surface area is 154 Å². The van der Waals surface area contributed by atoms with Crippen LogP contribution in [0.3, 0.4) is 0 Å². The quantitative estimate of drug-likeness (QED) is 0.405. The molecule has 7 heteroatoms. The number of rotatable bonds is 6. The second-order valence-electron chi connectivity index (χ2n) is 5.29. The van der Waals surface area contributed by atoms with E-state index >= 15 is 0 Å². The molecular weight excluding hydrogens is 411 g/mol. The molecule has 0 aliphatic carbocycles. The highest BCUT2D eigenvalue weighted by Crippen LogP contribution is 2.16. The van der Waals surface area contributed by atoms with Crippen LogP contribution in [0.5, 0.6) is 0 Å². The first-order valence-corrected chi connectivity index (χ1v) is 8.50. The molecule has 1 atom stereocenters. The Hall–Kier alpha value is -0.380. The number of hydrogen-bond acceptors (Lipinski definition) is 4. The van der Waals surface area contributed by atoms with Crippen LogP contribution in [0.2, 0.25) is 0 Å². The van der Waals surface area contributed by atoms with E-state index in [0.717, 1.165) is 51.9 Å². The predicted molar refractivity (Wildman–Crippen MR) is 105 cm³/mol. The van der Waals surface area contributed by atoms with Gasteiger partial charge in [-0.25, -0.2) is 0 Å². The average molecular weight is 438 g/mol. The summed E-state index contributed by atoms with van der Waals surface area (Å²) < 4.78 is 5.35. The predicted octanol–water partition coefficient (Wildman–Crippen LogP) is 1.97. The fourth-order valence-electron chi connectivity index (χ4n) is 2.30. The maximum absolute atomic E-state index is 5.35. The van der Waals surface area contributed by atoms with Crippen molar-refractivity contribution in [2.75, 3.05) is 53.0 Å². The molecule has 0 amide bonds. The van der Waals surface area contributed by atoms with Gasteiger partial charge in [0.25, 0.3) is 0 Å². The summed E-state index contributed by atoms with van der Waals surface area (Å²) in [6.45, 7) is 8.84. The number of halogens is 1. The number of guanidine groups is 1. The summed E-state index contributed by atoms with van der Waals surface area (Å²) in [4.78, 5) is 6.69. The third-order valence-electron chi connectivity index (χ3n) is 3.74. The van der Waals surface area contributed by atoms with Gasteiger partial charge in [-0.3, -0.25) is 9.89 Å². The number of hydrogen-bond donors (Lipinski definition) is 2. The van der Waals surface area contributed by atoms with Crippen molar-refractivity contribution < 1.29 is 4.74 Å². The number of ether oxygens (including phenoxy) is 1. The van der Waals surface area contributed by atoms with E-state index in [1.54, 1.807) is 11.3 Å². The number of morpholine rings is 1. The maximum Gasteiger partial charge on any atom is 0.191 e. The Bertz CT molecular complexity index is 421. The highest BCUT2D eigenvalue weighted by atomic mass is 127. The first kappa shape index (κ1) is 19.7. The smallest absolute Gasteiger partial charge is 0.191 e. The summed E-state index contributed by atoms with van der Waals surface area (Å²) in [5.74, 6) is 1.37. The highest BCUT2D eigenvalue weighted by Gasteiger charge is 2.10. The van der Waals surface area contributed by atoms with Crippen molar-refractivity contribution in [2.24, 2.45) is 4.99 Å². The van der Waals surface area contributed by atoms with E-state index in [1.165, 1.54) is 5.56 Å². The second kappa shape index (κ2) is 11.2. The minimum absolute atomic E-state index is 0. The summed E-state index contributed by atoms with van der Waals surface area (Å²) in [6, 6.07) is 2.19. The van der Waals surface area contributed by atoms with Crippen LogP contribution in [0.1, 0.15) is 18.4 Å². The van der Waals surface area contributed by atoms with Crippen molar-refractivity contribution in [2.45, 2.75) is 12.8 Å². The van der Waals surface area contributed by atoms with Crippen molar-refractivity contribution in [3.8, 4) is 0 Å². The number of thiophene rings is 1. The van der Waals surface area contributed by atoms with Crippen LogP contribution in [0.15, 0.2) is 21.8 Å². The zero-order chi connectivity index (χ0) is 14.9. The molecule has 1 aromatic heterocycles. The van der Waals surface area contributed by atoms with Gasteiger partial charge in [0, 0.05) is 39.8 Å². The van der Waals surface area contributed by atoms with E-state index in [1.807, 2.05) is 7.05 Å². The number of nitrogens with zero attached hydrogens (tertiary/aromatic N) is 2.